The molecule has 0 aliphatic rings. The van der Waals surface area contributed by atoms with E-state index in [9.17, 15) is 14.4 Å². The van der Waals surface area contributed by atoms with E-state index in [0.717, 1.165) is 0 Å². The highest BCUT2D eigenvalue weighted by molar-refractivity contribution is 5.97. The number of carbonyl (C=O) groups excluding carboxylic acids is 3. The lowest BCUT2D eigenvalue weighted by Crippen LogP contribution is -2.45. The molecule has 0 spiro atoms. The van der Waals surface area contributed by atoms with Crippen molar-refractivity contribution < 1.29 is 28.6 Å². The van der Waals surface area contributed by atoms with Crippen LogP contribution in [0, 0.1) is 5.92 Å². The van der Waals surface area contributed by atoms with Gasteiger partial charge in [-0.15, -0.1) is 0 Å². The Hall–Kier alpha value is -3.03. The molecule has 0 radical (unpaired) electrons. The summed E-state index contributed by atoms with van der Waals surface area (Å²) in [7, 11) is 3.03. The van der Waals surface area contributed by atoms with Gasteiger partial charge in [-0.25, -0.2) is 9.59 Å². The Kier molecular flexibility index (Phi) is 7.45. The number of urea groups is 1. The smallest absolute Gasteiger partial charge is 0.331 e. The van der Waals surface area contributed by atoms with Crippen molar-refractivity contribution in [2.24, 2.45) is 11.7 Å². The maximum absolute atomic E-state index is 11.9. The summed E-state index contributed by atoms with van der Waals surface area (Å²) < 4.78 is 15.4. The van der Waals surface area contributed by atoms with E-state index in [2.05, 4.69) is 0 Å². The minimum Gasteiger partial charge on any atom is -0.493 e. The molecule has 0 saturated heterocycles. The van der Waals surface area contributed by atoms with Gasteiger partial charge >= 0.3 is 12.0 Å². The van der Waals surface area contributed by atoms with E-state index in [-0.39, 0.29) is 5.92 Å². The van der Waals surface area contributed by atoms with Crippen LogP contribution in [0.5, 0.6) is 11.5 Å². The maximum atomic E-state index is 11.9. The van der Waals surface area contributed by atoms with Crippen LogP contribution in [0.15, 0.2) is 24.3 Å². The fourth-order valence-corrected chi connectivity index (χ4v) is 1.97. The van der Waals surface area contributed by atoms with Gasteiger partial charge < -0.3 is 19.9 Å². The van der Waals surface area contributed by atoms with Gasteiger partial charge in [-0.3, -0.25) is 10.1 Å². The molecule has 3 amide bonds. The van der Waals surface area contributed by atoms with E-state index >= 15 is 0 Å². The molecule has 1 aromatic carbocycles. The van der Waals surface area contributed by atoms with Crippen molar-refractivity contribution in [2.75, 3.05) is 14.2 Å². The first-order valence-corrected chi connectivity index (χ1v) is 7.49. The Morgan fingerprint density at radius 2 is 1.76 bits per heavy atom. The van der Waals surface area contributed by atoms with Crippen LogP contribution in [-0.4, -0.2) is 38.2 Å². The highest BCUT2D eigenvalue weighted by atomic mass is 16.5. The van der Waals surface area contributed by atoms with Crippen molar-refractivity contribution in [3.05, 3.63) is 29.8 Å². The van der Waals surface area contributed by atoms with Crippen molar-refractivity contribution in [1.82, 2.24) is 5.32 Å². The van der Waals surface area contributed by atoms with Crippen LogP contribution in [0.2, 0.25) is 0 Å². The largest absolute Gasteiger partial charge is 0.493 e. The van der Waals surface area contributed by atoms with Gasteiger partial charge in [0, 0.05) is 6.08 Å². The van der Waals surface area contributed by atoms with Crippen LogP contribution < -0.4 is 20.5 Å². The molecule has 0 heterocycles. The minimum absolute atomic E-state index is 0.335. The zero-order chi connectivity index (χ0) is 19.0. The van der Waals surface area contributed by atoms with Gasteiger partial charge in [0.25, 0.3) is 5.91 Å². The van der Waals surface area contributed by atoms with Crippen LogP contribution in [0.25, 0.3) is 6.08 Å². The van der Waals surface area contributed by atoms with E-state index < -0.39 is 24.0 Å². The van der Waals surface area contributed by atoms with Gasteiger partial charge in [0.15, 0.2) is 17.6 Å². The summed E-state index contributed by atoms with van der Waals surface area (Å²) in [4.78, 5) is 34.5. The number of nitrogens with two attached hydrogens (primary N) is 1. The molecule has 0 aliphatic heterocycles. The molecule has 1 atom stereocenters. The summed E-state index contributed by atoms with van der Waals surface area (Å²) in [5.41, 5.74) is 5.58. The second kappa shape index (κ2) is 9.31. The van der Waals surface area contributed by atoms with Gasteiger partial charge in [-0.05, 0) is 29.7 Å². The Labute approximate surface area is 145 Å². The quantitative estimate of drug-likeness (QED) is 0.568. The van der Waals surface area contributed by atoms with Gasteiger partial charge in [0.05, 0.1) is 14.2 Å². The Morgan fingerprint density at radius 3 is 2.28 bits per heavy atom. The Bertz CT molecular complexity index is 669. The number of hydrogen-bond donors (Lipinski definition) is 2. The number of nitrogens with one attached hydrogen (secondary N) is 1. The lowest BCUT2D eigenvalue weighted by molar-refractivity contribution is -0.153. The van der Waals surface area contributed by atoms with Gasteiger partial charge in [-0.1, -0.05) is 19.9 Å². The monoisotopic (exact) mass is 350 g/mol. The minimum atomic E-state index is -1.13. The van der Waals surface area contributed by atoms with Crippen molar-refractivity contribution in [1.29, 1.82) is 0 Å². The van der Waals surface area contributed by atoms with Crippen molar-refractivity contribution >= 4 is 24.0 Å². The zero-order valence-electron chi connectivity index (χ0n) is 14.6. The summed E-state index contributed by atoms with van der Waals surface area (Å²) in [6.07, 6.45) is 1.55. The van der Waals surface area contributed by atoms with Gasteiger partial charge in [0.2, 0.25) is 0 Å². The number of benzene rings is 1. The molecule has 25 heavy (non-hydrogen) atoms. The number of esters is 1. The van der Waals surface area contributed by atoms with Gasteiger partial charge in [-0.2, -0.15) is 0 Å². The SMILES string of the molecule is COc1ccc(/C=C/C(=O)OC(C(=O)NC(N)=O)C(C)C)cc1OC. The van der Waals surface area contributed by atoms with Crippen molar-refractivity contribution in [3.8, 4) is 11.5 Å². The van der Waals surface area contributed by atoms with E-state index in [1.54, 1.807) is 32.0 Å². The summed E-state index contributed by atoms with van der Waals surface area (Å²) in [6, 6.07) is 4.10. The molecule has 8 heteroatoms. The second-order valence-electron chi connectivity index (χ2n) is 5.40. The maximum Gasteiger partial charge on any atom is 0.331 e. The molecule has 3 N–H and O–H groups in total. The molecule has 136 valence electrons. The van der Waals surface area contributed by atoms with E-state index in [1.165, 1.54) is 26.4 Å². The average Bonchev–Trinajstić information content (AvgIpc) is 2.56. The molecular formula is C17H22N2O6. The standard InChI is InChI=1S/C17H22N2O6/c1-10(2)15(16(21)19-17(18)22)25-14(20)8-6-11-5-7-12(23-3)13(9-11)24-4/h5-10,15H,1-4H3,(H3,18,19,21,22)/b8-6+. The number of methoxy groups -OCH3 is 2. The lowest BCUT2D eigenvalue weighted by Gasteiger charge is -2.18. The van der Waals surface area contributed by atoms with Crippen LogP contribution in [0.1, 0.15) is 19.4 Å². The number of amides is 3. The molecule has 8 nitrogen and oxygen atoms in total. The predicted octanol–water partition coefficient (Wildman–Crippen LogP) is 1.48. The highest BCUT2D eigenvalue weighted by Gasteiger charge is 2.26. The third-order valence-corrected chi connectivity index (χ3v) is 3.17. The molecule has 0 fully saturated rings. The van der Waals surface area contributed by atoms with E-state index in [4.69, 9.17) is 19.9 Å². The second-order valence-corrected chi connectivity index (χ2v) is 5.40. The van der Waals surface area contributed by atoms with Gasteiger partial charge in [0.1, 0.15) is 0 Å². The number of primary amides is 1. The molecule has 1 rings (SSSR count). The summed E-state index contributed by atoms with van der Waals surface area (Å²) >= 11 is 0. The number of carbonyl (C=O) groups is 3. The molecule has 1 aromatic rings. The fraction of sp³-hybridized carbons (Fsp3) is 0.353. The third kappa shape index (κ3) is 6.17. The first kappa shape index (κ1) is 20.0. The lowest BCUT2D eigenvalue weighted by atomic mass is 10.1. The van der Waals surface area contributed by atoms with Crippen LogP contribution in [-0.2, 0) is 14.3 Å². The summed E-state index contributed by atoms with van der Waals surface area (Å²) in [6.45, 7) is 3.35. The topological polar surface area (TPSA) is 117 Å². The molecule has 0 aromatic heterocycles. The van der Waals surface area contributed by atoms with Crippen molar-refractivity contribution in [3.63, 3.8) is 0 Å². The summed E-state index contributed by atoms with van der Waals surface area (Å²) in [5.74, 6) is -0.759. The Morgan fingerprint density at radius 1 is 1.12 bits per heavy atom. The number of hydrogen-bond acceptors (Lipinski definition) is 6. The number of ether oxygens (including phenoxy) is 3. The first-order valence-electron chi connectivity index (χ1n) is 7.49. The molecule has 0 bridgehead atoms. The van der Waals surface area contributed by atoms with E-state index in [0.29, 0.717) is 17.1 Å². The normalized spacial score (nSPS) is 11.9. The predicted molar refractivity (Wildman–Crippen MR) is 91.0 cm³/mol. The van der Waals surface area contributed by atoms with Crippen LogP contribution >= 0.6 is 0 Å². The third-order valence-electron chi connectivity index (χ3n) is 3.17. The number of rotatable bonds is 7. The van der Waals surface area contributed by atoms with E-state index in [1.807, 2.05) is 5.32 Å². The van der Waals surface area contributed by atoms with Crippen molar-refractivity contribution in [2.45, 2.75) is 20.0 Å². The number of imide groups is 1. The van der Waals surface area contributed by atoms with Crippen LogP contribution in [0.3, 0.4) is 0 Å². The average molecular weight is 350 g/mol. The Balaban J connectivity index is 2.81. The molecule has 0 saturated carbocycles. The molecule has 0 aliphatic carbocycles. The zero-order valence-corrected chi connectivity index (χ0v) is 14.6. The first-order chi connectivity index (χ1) is 11.8. The fourth-order valence-electron chi connectivity index (χ4n) is 1.97. The molecule has 1 unspecified atom stereocenters. The summed E-state index contributed by atoms with van der Waals surface area (Å²) in [5, 5.41) is 1.90. The molecular weight excluding hydrogens is 328 g/mol. The van der Waals surface area contributed by atoms with Crippen LogP contribution in [0.4, 0.5) is 4.79 Å². The highest BCUT2D eigenvalue weighted by Crippen LogP contribution is 2.27.